The van der Waals surface area contributed by atoms with Crippen LogP contribution in [0.5, 0.6) is 0 Å². The van der Waals surface area contributed by atoms with Crippen LogP contribution in [0.4, 0.5) is 0 Å². The Morgan fingerprint density at radius 3 is 2.31 bits per heavy atom. The maximum absolute atomic E-state index is 13.4. The second-order valence-corrected chi connectivity index (χ2v) is 8.71. The van der Waals surface area contributed by atoms with Gasteiger partial charge in [-0.2, -0.15) is 0 Å². The number of benzene rings is 2. The second kappa shape index (κ2) is 10.9. The van der Waals surface area contributed by atoms with Gasteiger partial charge in [0.2, 0.25) is 0 Å². The SMILES string of the molecule is CCCCN(CCCC)CCn1c(-c2ccccc2)nc2ccc(I)cc2c1=O. The van der Waals surface area contributed by atoms with E-state index in [0.717, 1.165) is 40.1 Å². The molecule has 0 saturated heterocycles. The van der Waals surface area contributed by atoms with Gasteiger partial charge in [-0.15, -0.1) is 0 Å². The Morgan fingerprint density at radius 1 is 0.966 bits per heavy atom. The highest BCUT2D eigenvalue weighted by atomic mass is 127. The quantitative estimate of drug-likeness (QED) is 0.340. The van der Waals surface area contributed by atoms with Gasteiger partial charge in [0.1, 0.15) is 5.82 Å². The molecular formula is C24H30IN3O. The van der Waals surface area contributed by atoms with E-state index >= 15 is 0 Å². The number of fused-ring (bicyclic) bond motifs is 1. The lowest BCUT2D eigenvalue weighted by atomic mass is 10.1. The van der Waals surface area contributed by atoms with Crippen molar-refractivity contribution in [2.24, 2.45) is 0 Å². The Morgan fingerprint density at radius 2 is 1.66 bits per heavy atom. The van der Waals surface area contributed by atoms with E-state index in [4.69, 9.17) is 4.98 Å². The number of hydrogen-bond acceptors (Lipinski definition) is 3. The monoisotopic (exact) mass is 503 g/mol. The van der Waals surface area contributed by atoms with Crippen LogP contribution in [-0.2, 0) is 6.54 Å². The van der Waals surface area contributed by atoms with Crippen molar-refractivity contribution in [3.05, 3.63) is 62.5 Å². The summed E-state index contributed by atoms with van der Waals surface area (Å²) in [5.41, 5.74) is 1.80. The lowest BCUT2D eigenvalue weighted by Gasteiger charge is -2.23. The van der Waals surface area contributed by atoms with Crippen molar-refractivity contribution in [2.75, 3.05) is 19.6 Å². The third-order valence-corrected chi connectivity index (χ3v) is 5.91. The van der Waals surface area contributed by atoms with Gasteiger partial charge < -0.3 is 4.90 Å². The zero-order valence-corrected chi connectivity index (χ0v) is 19.6. The molecule has 3 rings (SSSR count). The standard InChI is InChI=1S/C24H30IN3O/c1-3-5-14-27(15-6-4-2)16-17-28-23(19-10-8-7-9-11-19)26-22-13-12-20(25)18-21(22)24(28)29/h7-13,18H,3-6,14-17H2,1-2H3. The molecule has 0 aliphatic rings. The van der Waals surface area contributed by atoms with Crippen molar-refractivity contribution in [3.63, 3.8) is 0 Å². The molecule has 154 valence electrons. The number of unbranched alkanes of at least 4 members (excludes halogenated alkanes) is 2. The minimum atomic E-state index is 0.0540. The molecule has 0 aliphatic heterocycles. The minimum absolute atomic E-state index is 0.0540. The van der Waals surface area contributed by atoms with Crippen LogP contribution in [0.2, 0.25) is 0 Å². The van der Waals surface area contributed by atoms with Crippen molar-refractivity contribution in [1.29, 1.82) is 0 Å². The molecule has 1 heterocycles. The Labute approximate surface area is 187 Å². The zero-order valence-electron chi connectivity index (χ0n) is 17.4. The molecule has 4 nitrogen and oxygen atoms in total. The molecule has 0 saturated carbocycles. The molecule has 1 aromatic heterocycles. The van der Waals surface area contributed by atoms with Crippen LogP contribution in [0.25, 0.3) is 22.3 Å². The van der Waals surface area contributed by atoms with Gasteiger partial charge in [0.15, 0.2) is 0 Å². The molecule has 0 amide bonds. The predicted octanol–water partition coefficient (Wildman–Crippen LogP) is 5.57. The molecule has 5 heteroatoms. The summed E-state index contributed by atoms with van der Waals surface area (Å²) in [5, 5.41) is 0.699. The van der Waals surface area contributed by atoms with Gasteiger partial charge in [0.25, 0.3) is 5.56 Å². The summed E-state index contributed by atoms with van der Waals surface area (Å²) in [6, 6.07) is 16.0. The highest BCUT2D eigenvalue weighted by Gasteiger charge is 2.14. The van der Waals surface area contributed by atoms with Crippen LogP contribution in [0.1, 0.15) is 39.5 Å². The van der Waals surface area contributed by atoms with Crippen LogP contribution in [0, 0.1) is 3.57 Å². The molecule has 0 fully saturated rings. The summed E-state index contributed by atoms with van der Waals surface area (Å²) >= 11 is 2.25. The van der Waals surface area contributed by atoms with E-state index in [1.165, 1.54) is 25.7 Å². The fraction of sp³-hybridized carbons (Fsp3) is 0.417. The normalized spacial score (nSPS) is 11.4. The maximum Gasteiger partial charge on any atom is 0.261 e. The van der Waals surface area contributed by atoms with Gasteiger partial charge in [0.05, 0.1) is 10.9 Å². The number of halogens is 1. The van der Waals surface area contributed by atoms with E-state index in [1.54, 1.807) is 0 Å². The van der Waals surface area contributed by atoms with Crippen LogP contribution < -0.4 is 5.56 Å². The van der Waals surface area contributed by atoms with E-state index in [2.05, 4.69) is 41.3 Å². The Balaban J connectivity index is 1.99. The van der Waals surface area contributed by atoms with Gasteiger partial charge >= 0.3 is 0 Å². The van der Waals surface area contributed by atoms with Gasteiger partial charge in [-0.05, 0) is 66.7 Å². The Hall–Kier alpha value is -1.73. The largest absolute Gasteiger partial charge is 0.302 e. The molecule has 29 heavy (non-hydrogen) atoms. The molecule has 2 aromatic carbocycles. The van der Waals surface area contributed by atoms with E-state index in [1.807, 2.05) is 53.1 Å². The molecule has 0 unspecified atom stereocenters. The first-order valence-electron chi connectivity index (χ1n) is 10.6. The Bertz CT molecular complexity index is 977. The molecule has 3 aromatic rings. The molecule has 0 bridgehead atoms. The second-order valence-electron chi connectivity index (χ2n) is 7.47. The first-order valence-corrected chi connectivity index (χ1v) is 11.7. The number of nitrogens with zero attached hydrogens (tertiary/aromatic N) is 3. The Kier molecular flexibility index (Phi) is 8.24. The smallest absolute Gasteiger partial charge is 0.261 e. The van der Waals surface area contributed by atoms with Crippen molar-refractivity contribution in [1.82, 2.24) is 14.5 Å². The molecular weight excluding hydrogens is 473 g/mol. The lowest BCUT2D eigenvalue weighted by molar-refractivity contribution is 0.254. The van der Waals surface area contributed by atoms with E-state index in [0.29, 0.717) is 11.9 Å². The van der Waals surface area contributed by atoms with E-state index in [-0.39, 0.29) is 5.56 Å². The zero-order chi connectivity index (χ0) is 20.6. The summed E-state index contributed by atoms with van der Waals surface area (Å²) < 4.78 is 2.93. The average molecular weight is 503 g/mol. The van der Waals surface area contributed by atoms with Crippen molar-refractivity contribution < 1.29 is 0 Å². The predicted molar refractivity (Wildman–Crippen MR) is 130 cm³/mol. The fourth-order valence-corrected chi connectivity index (χ4v) is 4.04. The van der Waals surface area contributed by atoms with Crippen molar-refractivity contribution >= 4 is 33.5 Å². The summed E-state index contributed by atoms with van der Waals surface area (Å²) in [6.07, 6.45) is 4.76. The third kappa shape index (κ3) is 5.66. The van der Waals surface area contributed by atoms with Crippen LogP contribution in [0.15, 0.2) is 53.3 Å². The number of rotatable bonds is 10. The van der Waals surface area contributed by atoms with Gasteiger partial charge in [-0.3, -0.25) is 9.36 Å². The lowest BCUT2D eigenvalue weighted by Crippen LogP contribution is -2.33. The van der Waals surface area contributed by atoms with Crippen LogP contribution >= 0.6 is 22.6 Å². The molecule has 0 N–H and O–H groups in total. The van der Waals surface area contributed by atoms with Crippen molar-refractivity contribution in [2.45, 2.75) is 46.1 Å². The summed E-state index contributed by atoms with van der Waals surface area (Å²) in [6.45, 7) is 8.16. The number of aromatic nitrogens is 2. The molecule has 0 spiro atoms. The average Bonchev–Trinajstić information content (AvgIpc) is 2.75. The first-order chi connectivity index (χ1) is 14.1. The van der Waals surface area contributed by atoms with Crippen LogP contribution in [-0.4, -0.2) is 34.1 Å². The van der Waals surface area contributed by atoms with E-state index < -0.39 is 0 Å². The summed E-state index contributed by atoms with van der Waals surface area (Å²) in [7, 11) is 0. The van der Waals surface area contributed by atoms with Gasteiger partial charge in [0, 0.05) is 22.2 Å². The third-order valence-electron chi connectivity index (χ3n) is 5.24. The minimum Gasteiger partial charge on any atom is -0.302 e. The topological polar surface area (TPSA) is 38.1 Å². The van der Waals surface area contributed by atoms with Gasteiger partial charge in [-0.25, -0.2) is 4.98 Å². The summed E-state index contributed by atoms with van der Waals surface area (Å²) in [5.74, 6) is 0.759. The van der Waals surface area contributed by atoms with E-state index in [9.17, 15) is 4.79 Å². The van der Waals surface area contributed by atoms with Crippen molar-refractivity contribution in [3.8, 4) is 11.4 Å². The highest BCUT2D eigenvalue weighted by Crippen LogP contribution is 2.20. The molecule has 0 atom stereocenters. The fourth-order valence-electron chi connectivity index (χ4n) is 3.55. The van der Waals surface area contributed by atoms with Crippen LogP contribution in [0.3, 0.4) is 0 Å². The number of hydrogen-bond donors (Lipinski definition) is 0. The van der Waals surface area contributed by atoms with Gasteiger partial charge in [-0.1, -0.05) is 57.0 Å². The first kappa shape index (κ1) is 22.0. The molecule has 0 aliphatic carbocycles. The summed E-state index contributed by atoms with van der Waals surface area (Å²) in [4.78, 5) is 20.8. The molecule has 0 radical (unpaired) electrons. The maximum atomic E-state index is 13.4. The highest BCUT2D eigenvalue weighted by molar-refractivity contribution is 14.1.